The zero-order chi connectivity index (χ0) is 30.9. The predicted octanol–water partition coefficient (Wildman–Crippen LogP) is 3.23. The number of carbonyl (C=O) groups excluding carboxylic acids is 4. The molecule has 40 heavy (non-hydrogen) atoms. The Kier molecular flexibility index (Phi) is 19.6. The van der Waals surface area contributed by atoms with E-state index in [1.165, 1.54) is 11.8 Å². The van der Waals surface area contributed by atoms with Crippen LogP contribution in [0.25, 0.3) is 0 Å². The maximum absolute atomic E-state index is 12.6. The van der Waals surface area contributed by atoms with E-state index in [4.69, 9.17) is 28.7 Å². The van der Waals surface area contributed by atoms with Crippen molar-refractivity contribution in [3.8, 4) is 0 Å². The van der Waals surface area contributed by atoms with Crippen molar-refractivity contribution in [3.05, 3.63) is 0 Å². The summed E-state index contributed by atoms with van der Waals surface area (Å²) >= 11 is 9.73. The molecule has 2 N–H and O–H groups in total. The fourth-order valence-corrected chi connectivity index (χ4v) is 4.52. The van der Waals surface area contributed by atoms with Crippen LogP contribution in [0.3, 0.4) is 0 Å². The summed E-state index contributed by atoms with van der Waals surface area (Å²) in [4.78, 5) is 66.1. The molecule has 12 nitrogen and oxygen atoms in total. The van der Waals surface area contributed by atoms with Crippen molar-refractivity contribution in [1.29, 1.82) is 0 Å². The smallest absolute Gasteiger partial charge is 0.465 e. The van der Waals surface area contributed by atoms with Gasteiger partial charge in [0.05, 0.1) is 37.2 Å². The lowest BCUT2D eigenvalue weighted by atomic mass is 9.88. The van der Waals surface area contributed by atoms with Gasteiger partial charge in [0.25, 0.3) is 0 Å². The number of hydrogen-bond donors (Lipinski definition) is 4. The van der Waals surface area contributed by atoms with Crippen LogP contribution in [0.5, 0.6) is 0 Å². The van der Waals surface area contributed by atoms with Gasteiger partial charge in [0.15, 0.2) is 0 Å². The van der Waals surface area contributed by atoms with Crippen LogP contribution in [0.15, 0.2) is 0 Å². The van der Waals surface area contributed by atoms with Gasteiger partial charge in [0.2, 0.25) is 0 Å². The van der Waals surface area contributed by atoms with Gasteiger partial charge in [-0.25, -0.2) is 4.57 Å². The number of hydrogen-bond acceptors (Lipinski definition) is 13. The first-order valence-corrected chi connectivity index (χ1v) is 16.4. The van der Waals surface area contributed by atoms with E-state index in [2.05, 4.69) is 29.8 Å². The van der Waals surface area contributed by atoms with Crippen molar-refractivity contribution < 1.29 is 57.0 Å². The quantitative estimate of drug-likeness (QED) is 0.0470. The molecule has 0 bridgehead atoms. The van der Waals surface area contributed by atoms with Crippen LogP contribution in [0, 0.1) is 11.3 Å². The lowest BCUT2D eigenvalue weighted by Gasteiger charge is -2.31. The van der Waals surface area contributed by atoms with Crippen LogP contribution in [0.4, 0.5) is 0 Å². The zero-order valence-electron chi connectivity index (χ0n) is 23.6. The van der Waals surface area contributed by atoms with Crippen molar-refractivity contribution in [2.75, 3.05) is 38.8 Å². The Balaban J connectivity index is 4.85. The predicted molar refractivity (Wildman–Crippen MR) is 156 cm³/mol. The van der Waals surface area contributed by atoms with Gasteiger partial charge in [0.1, 0.15) is 26.4 Å². The van der Waals surface area contributed by atoms with Crippen molar-refractivity contribution in [2.24, 2.45) is 11.3 Å². The molecule has 234 valence electrons. The summed E-state index contributed by atoms with van der Waals surface area (Å²) < 4.78 is 36.1. The van der Waals surface area contributed by atoms with Crippen molar-refractivity contribution in [2.45, 2.75) is 76.1 Å². The topological polar surface area (TPSA) is 172 Å². The van der Waals surface area contributed by atoms with Crippen LogP contribution >= 0.6 is 44.8 Å². The Morgan fingerprint density at radius 3 is 1.65 bits per heavy atom. The van der Waals surface area contributed by atoms with E-state index < -0.39 is 49.6 Å². The molecule has 0 saturated carbocycles. The molecule has 0 rings (SSSR count). The zero-order valence-corrected chi connectivity index (χ0v) is 27.1. The molecule has 0 aromatic carbocycles. The van der Waals surface area contributed by atoms with Crippen LogP contribution < -0.4 is 0 Å². The molecule has 0 aliphatic carbocycles. The third-order valence-electron chi connectivity index (χ3n) is 5.37. The van der Waals surface area contributed by atoms with E-state index >= 15 is 0 Å². The minimum absolute atomic E-state index is 0.0380. The molecule has 0 saturated heterocycles. The highest BCUT2D eigenvalue weighted by Gasteiger charge is 2.34. The highest BCUT2D eigenvalue weighted by atomic mass is 32.2. The maximum atomic E-state index is 12.6. The molecule has 0 aliphatic rings. The average Bonchev–Trinajstić information content (AvgIpc) is 2.83. The van der Waals surface area contributed by atoms with Crippen LogP contribution in [-0.4, -0.2) is 88.2 Å². The van der Waals surface area contributed by atoms with Crippen molar-refractivity contribution in [3.63, 3.8) is 0 Å². The third kappa shape index (κ3) is 20.0. The van der Waals surface area contributed by atoms with E-state index in [1.54, 1.807) is 27.7 Å². The van der Waals surface area contributed by atoms with E-state index in [1.807, 2.05) is 6.92 Å². The SMILES string of the molecule is CCC(COC(=O)CC(C)S)(COC(=O)CC(C)S)COC(=O)CC(C)SCC(C)C(=O)OCCOP(=O)(O)O. The van der Waals surface area contributed by atoms with Gasteiger partial charge in [-0.2, -0.15) is 37.0 Å². The molecule has 16 heteroatoms. The molecule has 0 spiro atoms. The Labute approximate surface area is 251 Å². The fourth-order valence-electron chi connectivity index (χ4n) is 2.90. The van der Waals surface area contributed by atoms with E-state index in [9.17, 15) is 23.7 Å². The second-order valence-corrected chi connectivity index (χ2v) is 14.2. The van der Waals surface area contributed by atoms with E-state index in [0.717, 1.165) is 0 Å². The van der Waals surface area contributed by atoms with Gasteiger partial charge < -0.3 is 28.7 Å². The number of thioether (sulfide) groups is 1. The summed E-state index contributed by atoms with van der Waals surface area (Å²) in [6.07, 6.45) is 0.635. The molecule has 4 unspecified atom stereocenters. The largest absolute Gasteiger partial charge is 0.469 e. The highest BCUT2D eigenvalue weighted by molar-refractivity contribution is 7.99. The summed E-state index contributed by atoms with van der Waals surface area (Å²) in [6.45, 7) is 7.68. The number of phosphoric ester groups is 1. The number of esters is 4. The Bertz CT molecular complexity index is 823. The third-order valence-corrected chi connectivity index (χ3v) is 7.68. The second-order valence-electron chi connectivity index (χ2n) is 9.68. The van der Waals surface area contributed by atoms with Crippen LogP contribution in [0.2, 0.25) is 0 Å². The van der Waals surface area contributed by atoms with Crippen LogP contribution in [0.1, 0.15) is 60.3 Å². The van der Waals surface area contributed by atoms with Gasteiger partial charge in [-0.15, -0.1) is 0 Å². The Morgan fingerprint density at radius 2 is 1.25 bits per heavy atom. The summed E-state index contributed by atoms with van der Waals surface area (Å²) in [5.74, 6) is -2.19. The summed E-state index contributed by atoms with van der Waals surface area (Å²) in [5.41, 5.74) is -0.932. The minimum Gasteiger partial charge on any atom is -0.465 e. The molecule has 0 amide bonds. The van der Waals surface area contributed by atoms with Gasteiger partial charge >= 0.3 is 31.7 Å². The lowest BCUT2D eigenvalue weighted by Crippen LogP contribution is -2.39. The number of carbonyl (C=O) groups is 4. The molecule has 4 atom stereocenters. The summed E-state index contributed by atoms with van der Waals surface area (Å²) in [5, 5.41) is -0.593. The summed E-state index contributed by atoms with van der Waals surface area (Å²) in [6, 6.07) is 0. The molecule has 0 radical (unpaired) electrons. The van der Waals surface area contributed by atoms with Crippen molar-refractivity contribution in [1.82, 2.24) is 0 Å². The molecule has 0 heterocycles. The number of phosphoric acid groups is 1. The first kappa shape index (κ1) is 39.0. The molecule has 0 aromatic rings. The van der Waals surface area contributed by atoms with Gasteiger partial charge in [-0.05, 0) is 6.42 Å². The maximum Gasteiger partial charge on any atom is 0.469 e. The number of rotatable bonds is 21. The van der Waals surface area contributed by atoms with E-state index in [0.29, 0.717) is 12.2 Å². The van der Waals surface area contributed by atoms with Crippen molar-refractivity contribution >= 4 is 68.7 Å². The van der Waals surface area contributed by atoms with Crippen LogP contribution in [-0.2, 0) is 47.2 Å². The summed E-state index contributed by atoms with van der Waals surface area (Å²) in [7, 11) is -4.62. The Hall–Kier alpha value is -0.960. The second kappa shape index (κ2) is 20.0. The normalized spacial score (nSPS) is 16.1. The molecule has 0 aliphatic heterocycles. The highest BCUT2D eigenvalue weighted by Crippen LogP contribution is 2.35. The monoisotopic (exact) mass is 650 g/mol. The lowest BCUT2D eigenvalue weighted by molar-refractivity contribution is -0.162. The van der Waals surface area contributed by atoms with E-state index in [-0.39, 0.29) is 61.4 Å². The first-order valence-electron chi connectivity index (χ1n) is 12.8. The molecular weight excluding hydrogens is 607 g/mol. The minimum atomic E-state index is -4.62. The number of ether oxygens (including phenoxy) is 4. The van der Waals surface area contributed by atoms with Gasteiger partial charge in [-0.3, -0.25) is 23.7 Å². The first-order chi connectivity index (χ1) is 18.5. The number of thiol groups is 2. The van der Waals surface area contributed by atoms with Gasteiger partial charge in [0, 0.05) is 21.5 Å². The molecular formula is C24H43O12PS3. The fraction of sp³-hybridized carbons (Fsp3) is 0.833. The molecule has 0 aromatic heterocycles. The Morgan fingerprint density at radius 1 is 0.800 bits per heavy atom. The standard InChI is InChI=1S/C24H43O12PS3/c1-6-24(13-33-20(25)9-17(3)38,14-34-21(26)10-18(4)39)15-35-22(27)11-19(5)40-12-16(2)23(28)32-7-8-36-37(29,30)31/h16-19,38-39H,6-15H2,1-5H3,(H2,29,30,31). The molecule has 0 fully saturated rings. The average molecular weight is 651 g/mol. The van der Waals surface area contributed by atoms with Gasteiger partial charge in [-0.1, -0.05) is 34.6 Å².